The molecule has 0 spiro atoms. The molecule has 0 amide bonds. The van der Waals surface area contributed by atoms with Gasteiger partial charge in [0, 0.05) is 28.2 Å². The molecule has 1 aromatic carbocycles. The maximum Gasteiger partial charge on any atom is 0.191 e. The summed E-state index contributed by atoms with van der Waals surface area (Å²) in [5.74, 6) is 1.53. The molecular formula is C17H23ClN4OS. The van der Waals surface area contributed by atoms with Crippen LogP contribution in [0.2, 0.25) is 5.02 Å². The van der Waals surface area contributed by atoms with Gasteiger partial charge in [-0.25, -0.2) is 9.98 Å². The van der Waals surface area contributed by atoms with Crippen LogP contribution in [0.1, 0.15) is 29.3 Å². The monoisotopic (exact) mass is 366 g/mol. The maximum absolute atomic E-state index is 6.04. The van der Waals surface area contributed by atoms with E-state index in [0.717, 1.165) is 28.8 Å². The first-order valence-corrected chi connectivity index (χ1v) is 9.16. The lowest BCUT2D eigenvalue weighted by atomic mass is 10.2. The number of rotatable bonds is 7. The van der Waals surface area contributed by atoms with Crippen molar-refractivity contribution in [3.05, 3.63) is 44.9 Å². The van der Waals surface area contributed by atoms with Gasteiger partial charge in [-0.1, -0.05) is 17.7 Å². The topological polar surface area (TPSA) is 58.5 Å². The van der Waals surface area contributed by atoms with Crippen molar-refractivity contribution in [1.82, 2.24) is 15.6 Å². The third-order valence-corrected chi connectivity index (χ3v) is 4.30. The molecule has 0 saturated carbocycles. The van der Waals surface area contributed by atoms with Gasteiger partial charge in [0.15, 0.2) is 5.96 Å². The lowest BCUT2D eigenvalue weighted by molar-refractivity contribution is 0.336. The number of halogens is 1. The first-order valence-electron chi connectivity index (χ1n) is 7.97. The molecular weight excluding hydrogens is 344 g/mol. The zero-order chi connectivity index (χ0) is 17.4. The van der Waals surface area contributed by atoms with Crippen molar-refractivity contribution in [2.24, 2.45) is 4.99 Å². The van der Waals surface area contributed by atoms with Crippen molar-refractivity contribution in [3.63, 3.8) is 0 Å². The molecule has 1 aromatic heterocycles. The molecule has 0 aliphatic carbocycles. The summed E-state index contributed by atoms with van der Waals surface area (Å²) in [7, 11) is 0. The Labute approximate surface area is 152 Å². The summed E-state index contributed by atoms with van der Waals surface area (Å²) in [5.41, 5.74) is 1.00. The second kappa shape index (κ2) is 9.49. The number of guanidine groups is 1. The van der Waals surface area contributed by atoms with Gasteiger partial charge < -0.3 is 15.4 Å². The number of hydrogen-bond donors (Lipinski definition) is 2. The summed E-state index contributed by atoms with van der Waals surface area (Å²) in [5, 5.41) is 8.25. The fourth-order valence-electron chi connectivity index (χ4n) is 2.10. The highest BCUT2D eigenvalue weighted by atomic mass is 35.5. The third-order valence-electron chi connectivity index (χ3n) is 3.16. The van der Waals surface area contributed by atoms with Crippen LogP contribution in [-0.4, -0.2) is 24.1 Å². The number of nitrogens with zero attached hydrogens (tertiary/aromatic N) is 2. The van der Waals surface area contributed by atoms with E-state index in [9.17, 15) is 0 Å². The van der Waals surface area contributed by atoms with Gasteiger partial charge >= 0.3 is 0 Å². The van der Waals surface area contributed by atoms with Crippen molar-refractivity contribution >= 4 is 28.9 Å². The van der Waals surface area contributed by atoms with Crippen LogP contribution in [-0.2, 0) is 13.1 Å². The molecule has 0 aliphatic heterocycles. The quantitative estimate of drug-likeness (QED) is 0.578. The third kappa shape index (κ3) is 5.69. The molecule has 0 radical (unpaired) electrons. The van der Waals surface area contributed by atoms with Gasteiger partial charge in [0.2, 0.25) is 0 Å². The molecule has 24 heavy (non-hydrogen) atoms. The number of benzene rings is 1. The van der Waals surface area contributed by atoms with Crippen LogP contribution in [0, 0.1) is 6.92 Å². The number of hydrogen-bond acceptors (Lipinski definition) is 4. The highest BCUT2D eigenvalue weighted by molar-refractivity contribution is 7.11. The molecule has 5 nitrogen and oxygen atoms in total. The number of thiazole rings is 1. The van der Waals surface area contributed by atoms with Crippen molar-refractivity contribution in [1.29, 1.82) is 0 Å². The fraction of sp³-hybridized carbons (Fsp3) is 0.412. The number of ether oxygens (including phenoxy) is 1. The van der Waals surface area contributed by atoms with Crippen LogP contribution in [0.5, 0.6) is 5.75 Å². The van der Waals surface area contributed by atoms with Crippen LogP contribution in [0.25, 0.3) is 0 Å². The minimum absolute atomic E-state index is 0.513. The van der Waals surface area contributed by atoms with Crippen LogP contribution in [0.3, 0.4) is 0 Å². The standard InChI is InChI=1S/C17H23ClN4OS/c1-4-19-17(22-11-16-20-9-12(3)24-16)21-10-13-6-7-14(18)8-15(13)23-5-2/h6-9H,4-5,10-11H2,1-3H3,(H2,19,21,22). The summed E-state index contributed by atoms with van der Waals surface area (Å²) in [4.78, 5) is 10.2. The molecule has 130 valence electrons. The fourth-order valence-corrected chi connectivity index (χ4v) is 2.99. The van der Waals surface area contributed by atoms with Crippen LogP contribution < -0.4 is 15.4 Å². The highest BCUT2D eigenvalue weighted by Crippen LogP contribution is 2.24. The molecule has 0 fully saturated rings. The van der Waals surface area contributed by atoms with E-state index in [0.29, 0.717) is 24.7 Å². The minimum atomic E-state index is 0.513. The summed E-state index contributed by atoms with van der Waals surface area (Å²) >= 11 is 7.72. The molecule has 0 aliphatic rings. The number of aromatic nitrogens is 1. The van der Waals surface area contributed by atoms with Gasteiger partial charge in [-0.2, -0.15) is 0 Å². The van der Waals surface area contributed by atoms with E-state index in [2.05, 4.69) is 27.5 Å². The van der Waals surface area contributed by atoms with Crippen molar-refractivity contribution in [2.45, 2.75) is 33.9 Å². The first kappa shape index (κ1) is 18.5. The summed E-state index contributed by atoms with van der Waals surface area (Å²) in [6.07, 6.45) is 1.88. The van der Waals surface area contributed by atoms with E-state index >= 15 is 0 Å². The van der Waals surface area contributed by atoms with Crippen molar-refractivity contribution < 1.29 is 4.74 Å². The zero-order valence-corrected chi connectivity index (χ0v) is 15.8. The molecule has 0 bridgehead atoms. The average Bonchev–Trinajstić information content (AvgIpc) is 2.97. The smallest absolute Gasteiger partial charge is 0.191 e. The number of aliphatic imine (C=N–C) groups is 1. The van der Waals surface area contributed by atoms with Gasteiger partial charge in [0.05, 0.1) is 19.7 Å². The molecule has 7 heteroatoms. The van der Waals surface area contributed by atoms with Gasteiger partial charge in [-0.05, 0) is 32.9 Å². The highest BCUT2D eigenvalue weighted by Gasteiger charge is 2.06. The Kier molecular flexibility index (Phi) is 7.34. The van der Waals surface area contributed by atoms with E-state index in [4.69, 9.17) is 16.3 Å². The molecule has 1 heterocycles. The van der Waals surface area contributed by atoms with E-state index in [1.54, 1.807) is 11.3 Å². The van der Waals surface area contributed by atoms with E-state index in [1.165, 1.54) is 4.88 Å². The second-order valence-corrected chi connectivity index (χ2v) is 6.85. The molecule has 2 aromatic rings. The van der Waals surface area contributed by atoms with Crippen molar-refractivity contribution in [3.8, 4) is 5.75 Å². The van der Waals surface area contributed by atoms with Crippen LogP contribution in [0.4, 0.5) is 0 Å². The second-order valence-electron chi connectivity index (χ2n) is 5.10. The van der Waals surface area contributed by atoms with Gasteiger partial charge in [0.25, 0.3) is 0 Å². The predicted octanol–water partition coefficient (Wildman–Crippen LogP) is 3.76. The Hall–Kier alpha value is -1.79. The largest absolute Gasteiger partial charge is 0.493 e. The molecule has 2 rings (SSSR count). The average molecular weight is 367 g/mol. The first-order chi connectivity index (χ1) is 11.6. The molecule has 0 atom stereocenters. The zero-order valence-electron chi connectivity index (χ0n) is 14.2. The maximum atomic E-state index is 6.04. The lowest BCUT2D eigenvalue weighted by Gasteiger charge is -2.12. The molecule has 0 unspecified atom stereocenters. The summed E-state index contributed by atoms with van der Waals surface area (Å²) < 4.78 is 5.64. The Morgan fingerprint density at radius 3 is 2.83 bits per heavy atom. The van der Waals surface area contributed by atoms with Gasteiger partial charge in [0.1, 0.15) is 10.8 Å². The lowest BCUT2D eigenvalue weighted by Crippen LogP contribution is -2.36. The Morgan fingerprint density at radius 2 is 2.17 bits per heavy atom. The van der Waals surface area contributed by atoms with Crippen molar-refractivity contribution in [2.75, 3.05) is 13.2 Å². The van der Waals surface area contributed by atoms with E-state index < -0.39 is 0 Å². The van der Waals surface area contributed by atoms with Gasteiger partial charge in [-0.15, -0.1) is 11.3 Å². The minimum Gasteiger partial charge on any atom is -0.493 e. The number of nitrogens with one attached hydrogen (secondary N) is 2. The molecule has 0 saturated heterocycles. The summed E-state index contributed by atoms with van der Waals surface area (Å²) in [6.45, 7) is 8.60. The summed E-state index contributed by atoms with van der Waals surface area (Å²) in [6, 6.07) is 5.63. The Morgan fingerprint density at radius 1 is 1.33 bits per heavy atom. The molecule has 2 N–H and O–H groups in total. The van der Waals surface area contributed by atoms with Crippen LogP contribution >= 0.6 is 22.9 Å². The number of aryl methyl sites for hydroxylation is 1. The van der Waals surface area contributed by atoms with Gasteiger partial charge in [-0.3, -0.25) is 0 Å². The van der Waals surface area contributed by atoms with E-state index in [-0.39, 0.29) is 0 Å². The SMILES string of the molecule is CCNC(=NCc1ccc(Cl)cc1OCC)NCc1ncc(C)s1. The van der Waals surface area contributed by atoms with E-state index in [1.807, 2.05) is 38.2 Å². The van der Waals surface area contributed by atoms with Crippen LogP contribution in [0.15, 0.2) is 29.4 Å². The Balaban J connectivity index is 2.04. The normalized spacial score (nSPS) is 11.4. The predicted molar refractivity (Wildman–Crippen MR) is 101 cm³/mol. The Bertz CT molecular complexity index is 687.